The smallest absolute Gasteiger partial charge is 0.264 e. The van der Waals surface area contributed by atoms with Crippen LogP contribution in [0.3, 0.4) is 0 Å². The number of rotatable bonds is 5. The number of hydrogen-bond donors (Lipinski definition) is 1. The number of primary sulfonamides is 1. The van der Waals surface area contributed by atoms with Gasteiger partial charge in [-0.25, -0.2) is 13.6 Å². The molecule has 0 fully saturated rings. The number of amides is 1. The highest BCUT2D eigenvalue weighted by molar-refractivity contribution is 7.89. The van der Waals surface area contributed by atoms with E-state index in [2.05, 4.69) is 0 Å². The van der Waals surface area contributed by atoms with Crippen LogP contribution in [-0.2, 0) is 10.0 Å². The molecule has 2 N–H and O–H groups in total. The fourth-order valence-corrected chi connectivity index (χ4v) is 4.37. The quantitative estimate of drug-likeness (QED) is 0.639. The Morgan fingerprint density at radius 1 is 1.04 bits per heavy atom. The van der Waals surface area contributed by atoms with Gasteiger partial charge in [0, 0.05) is 16.9 Å². The van der Waals surface area contributed by atoms with E-state index in [-0.39, 0.29) is 16.8 Å². The topological polar surface area (TPSA) is 80.5 Å². The van der Waals surface area contributed by atoms with Crippen LogP contribution in [0, 0.1) is 0 Å². The number of sulfonamides is 1. The molecule has 0 aliphatic heterocycles. The number of nitrogens with zero attached hydrogens (tertiary/aromatic N) is 1. The zero-order valence-electron chi connectivity index (χ0n) is 15.3. The van der Waals surface area contributed by atoms with Crippen LogP contribution in [0.1, 0.15) is 28.2 Å². The van der Waals surface area contributed by atoms with Crippen LogP contribution in [-0.4, -0.2) is 26.3 Å². The predicted molar refractivity (Wildman–Crippen MR) is 113 cm³/mol. The molecule has 0 bridgehead atoms. The molecule has 146 valence electrons. The highest BCUT2D eigenvalue weighted by Gasteiger charge is 2.21. The Balaban J connectivity index is 1.77. The Morgan fingerprint density at radius 3 is 2.21 bits per heavy atom. The number of benzene rings is 2. The summed E-state index contributed by atoms with van der Waals surface area (Å²) in [7, 11) is -2.01. The number of thiophene rings is 1. The van der Waals surface area contributed by atoms with Crippen LogP contribution >= 0.6 is 22.9 Å². The lowest BCUT2D eigenvalue weighted by Crippen LogP contribution is -2.29. The Morgan fingerprint density at radius 2 is 1.64 bits per heavy atom. The molecule has 1 unspecified atom stereocenters. The fraction of sp³-hybridized carbons (Fsp3) is 0.150. The molecule has 0 saturated carbocycles. The van der Waals surface area contributed by atoms with Gasteiger partial charge in [-0.05, 0) is 54.4 Å². The number of hydrogen-bond acceptors (Lipinski definition) is 4. The first-order valence-electron chi connectivity index (χ1n) is 8.42. The van der Waals surface area contributed by atoms with Crippen LogP contribution in [0.4, 0.5) is 0 Å². The third kappa shape index (κ3) is 4.44. The monoisotopic (exact) mass is 434 g/mol. The second kappa shape index (κ2) is 8.05. The molecule has 3 aromatic rings. The standard InChI is InChI=1S/C20H19ClN2O3S2/c1-13(14-5-9-17(10-6-14)28(22,25)26)23(2)20(24)19-12-11-18(27-19)15-3-7-16(21)8-4-15/h3-13H,1-2H3,(H2,22,25,26). The van der Waals surface area contributed by atoms with Crippen molar-refractivity contribution in [2.75, 3.05) is 7.05 Å². The summed E-state index contributed by atoms with van der Waals surface area (Å²) in [6.45, 7) is 1.89. The van der Waals surface area contributed by atoms with Crippen LogP contribution in [0.15, 0.2) is 65.6 Å². The van der Waals surface area contributed by atoms with Gasteiger partial charge in [-0.3, -0.25) is 4.79 Å². The number of carbonyl (C=O) groups excluding carboxylic acids is 1. The molecule has 28 heavy (non-hydrogen) atoms. The van der Waals surface area contributed by atoms with Crippen LogP contribution < -0.4 is 5.14 Å². The van der Waals surface area contributed by atoms with Gasteiger partial charge >= 0.3 is 0 Å². The molecular weight excluding hydrogens is 416 g/mol. The second-order valence-corrected chi connectivity index (χ2v) is 9.46. The van der Waals surface area contributed by atoms with E-state index in [0.29, 0.717) is 9.90 Å². The summed E-state index contributed by atoms with van der Waals surface area (Å²) in [5.41, 5.74) is 1.82. The maximum absolute atomic E-state index is 12.9. The summed E-state index contributed by atoms with van der Waals surface area (Å²) in [6.07, 6.45) is 0. The van der Waals surface area contributed by atoms with Gasteiger partial charge < -0.3 is 4.90 Å². The Labute approximate surface area is 173 Å². The zero-order chi connectivity index (χ0) is 20.5. The van der Waals surface area contributed by atoms with E-state index >= 15 is 0 Å². The highest BCUT2D eigenvalue weighted by atomic mass is 35.5. The van der Waals surface area contributed by atoms with E-state index in [4.69, 9.17) is 16.7 Å². The minimum atomic E-state index is -3.74. The van der Waals surface area contributed by atoms with Crippen LogP contribution in [0.2, 0.25) is 5.02 Å². The van der Waals surface area contributed by atoms with E-state index in [1.807, 2.05) is 43.3 Å². The third-order valence-corrected chi connectivity index (χ3v) is 6.84. The molecule has 2 aromatic carbocycles. The molecule has 3 rings (SSSR count). The average Bonchev–Trinajstić information content (AvgIpc) is 3.16. The normalized spacial score (nSPS) is 12.6. The Kier molecular flexibility index (Phi) is 5.90. The average molecular weight is 435 g/mol. The molecule has 1 heterocycles. The third-order valence-electron chi connectivity index (χ3n) is 4.54. The summed E-state index contributed by atoms with van der Waals surface area (Å²) in [5, 5.41) is 5.79. The molecule has 0 radical (unpaired) electrons. The molecule has 5 nitrogen and oxygen atoms in total. The number of halogens is 1. The van der Waals surface area contributed by atoms with Crippen molar-refractivity contribution in [3.63, 3.8) is 0 Å². The lowest BCUT2D eigenvalue weighted by Gasteiger charge is -2.25. The van der Waals surface area contributed by atoms with Crippen molar-refractivity contribution in [2.45, 2.75) is 17.9 Å². The van der Waals surface area contributed by atoms with Crippen molar-refractivity contribution in [2.24, 2.45) is 5.14 Å². The molecule has 1 atom stereocenters. The largest absolute Gasteiger partial charge is 0.334 e. The van der Waals surface area contributed by atoms with Gasteiger partial charge in [0.05, 0.1) is 15.8 Å². The van der Waals surface area contributed by atoms with Gasteiger partial charge in [0.2, 0.25) is 10.0 Å². The van der Waals surface area contributed by atoms with Gasteiger partial charge in [0.25, 0.3) is 5.91 Å². The van der Waals surface area contributed by atoms with Gasteiger partial charge in [-0.1, -0.05) is 35.9 Å². The van der Waals surface area contributed by atoms with E-state index in [1.165, 1.54) is 23.5 Å². The van der Waals surface area contributed by atoms with Crippen molar-refractivity contribution in [3.8, 4) is 10.4 Å². The minimum absolute atomic E-state index is 0.0447. The van der Waals surface area contributed by atoms with Crippen molar-refractivity contribution < 1.29 is 13.2 Å². The summed E-state index contributed by atoms with van der Waals surface area (Å²) in [6, 6.07) is 17.2. The van der Waals surface area contributed by atoms with Crippen molar-refractivity contribution >= 4 is 38.9 Å². The molecule has 0 saturated heterocycles. The maximum atomic E-state index is 12.9. The minimum Gasteiger partial charge on any atom is -0.334 e. The summed E-state index contributed by atoms with van der Waals surface area (Å²) < 4.78 is 22.8. The summed E-state index contributed by atoms with van der Waals surface area (Å²) in [5.74, 6) is -0.103. The van der Waals surface area contributed by atoms with Crippen molar-refractivity contribution in [1.29, 1.82) is 0 Å². The molecule has 8 heteroatoms. The summed E-state index contributed by atoms with van der Waals surface area (Å²) >= 11 is 7.34. The molecular formula is C20H19ClN2O3S2. The van der Waals surface area contributed by atoms with Crippen LogP contribution in [0.5, 0.6) is 0 Å². The van der Waals surface area contributed by atoms with Gasteiger partial charge in [-0.15, -0.1) is 11.3 Å². The Hall–Kier alpha value is -2.19. The first-order valence-corrected chi connectivity index (χ1v) is 11.2. The highest BCUT2D eigenvalue weighted by Crippen LogP contribution is 2.31. The van der Waals surface area contributed by atoms with E-state index < -0.39 is 10.0 Å². The fourth-order valence-electron chi connectivity index (χ4n) is 2.73. The van der Waals surface area contributed by atoms with Gasteiger partial charge in [0.15, 0.2) is 0 Å². The molecule has 0 aliphatic carbocycles. The van der Waals surface area contributed by atoms with E-state index in [9.17, 15) is 13.2 Å². The van der Waals surface area contributed by atoms with Crippen molar-refractivity contribution in [1.82, 2.24) is 4.90 Å². The number of carbonyl (C=O) groups is 1. The second-order valence-electron chi connectivity index (χ2n) is 6.38. The van der Waals surface area contributed by atoms with Crippen molar-refractivity contribution in [3.05, 3.63) is 76.1 Å². The van der Waals surface area contributed by atoms with Crippen LogP contribution in [0.25, 0.3) is 10.4 Å². The molecule has 0 aliphatic rings. The van der Waals surface area contributed by atoms with Gasteiger partial charge in [-0.2, -0.15) is 0 Å². The lowest BCUT2D eigenvalue weighted by atomic mass is 10.1. The molecule has 1 aromatic heterocycles. The molecule has 1 amide bonds. The van der Waals surface area contributed by atoms with E-state index in [0.717, 1.165) is 16.0 Å². The van der Waals surface area contributed by atoms with E-state index in [1.54, 1.807) is 24.1 Å². The first kappa shape index (κ1) is 20.5. The SMILES string of the molecule is CC(c1ccc(S(N)(=O)=O)cc1)N(C)C(=O)c1ccc(-c2ccc(Cl)cc2)s1. The summed E-state index contributed by atoms with van der Waals surface area (Å²) in [4.78, 5) is 16.2. The first-order chi connectivity index (χ1) is 13.2. The maximum Gasteiger partial charge on any atom is 0.264 e. The lowest BCUT2D eigenvalue weighted by molar-refractivity contribution is 0.0747. The number of nitrogens with two attached hydrogens (primary N) is 1. The van der Waals surface area contributed by atoms with Gasteiger partial charge in [0.1, 0.15) is 0 Å². The molecule has 0 spiro atoms. The zero-order valence-corrected chi connectivity index (χ0v) is 17.7. The predicted octanol–water partition coefficient (Wildman–Crippen LogP) is 4.55. The Bertz CT molecular complexity index is 1090.